The molecule has 116 valence electrons. The van der Waals surface area contributed by atoms with E-state index in [1.165, 1.54) is 6.92 Å². The van der Waals surface area contributed by atoms with E-state index in [9.17, 15) is 17.6 Å². The molecule has 1 fully saturated rings. The number of benzene rings is 1. The van der Waals surface area contributed by atoms with Gasteiger partial charge in [0.25, 0.3) is 0 Å². The molecule has 1 aromatic carbocycles. The molecule has 0 radical (unpaired) electrons. The molecule has 1 N–H and O–H groups in total. The van der Waals surface area contributed by atoms with Crippen molar-refractivity contribution in [1.82, 2.24) is 9.62 Å². The second kappa shape index (κ2) is 6.50. The molecule has 21 heavy (non-hydrogen) atoms. The Kier molecular flexibility index (Phi) is 4.92. The van der Waals surface area contributed by atoms with Gasteiger partial charge >= 0.3 is 0 Å². The smallest absolute Gasteiger partial charge is 0.241 e. The zero-order chi connectivity index (χ0) is 15.5. The van der Waals surface area contributed by atoms with E-state index < -0.39 is 21.9 Å². The van der Waals surface area contributed by atoms with Crippen molar-refractivity contribution in [2.75, 3.05) is 26.3 Å². The summed E-state index contributed by atoms with van der Waals surface area (Å²) in [4.78, 5) is 13.6. The van der Waals surface area contributed by atoms with E-state index in [0.29, 0.717) is 26.3 Å². The minimum Gasteiger partial charge on any atom is -0.378 e. The zero-order valence-corrected chi connectivity index (χ0v) is 12.4. The third-order valence-corrected chi connectivity index (χ3v) is 4.71. The number of carbonyl (C=O) groups excluding carboxylic acids is 1. The first-order chi connectivity index (χ1) is 9.90. The van der Waals surface area contributed by atoms with Crippen LogP contribution < -0.4 is 4.72 Å². The lowest BCUT2D eigenvalue weighted by Gasteiger charge is -2.29. The fourth-order valence-corrected chi connectivity index (χ4v) is 3.22. The van der Waals surface area contributed by atoms with E-state index in [0.717, 1.165) is 24.3 Å². The molecule has 1 aliphatic rings. The van der Waals surface area contributed by atoms with Gasteiger partial charge in [-0.05, 0) is 31.2 Å². The Balaban J connectivity index is 2.05. The Morgan fingerprint density at radius 3 is 2.43 bits per heavy atom. The van der Waals surface area contributed by atoms with Crippen LogP contribution in [0.5, 0.6) is 0 Å². The molecule has 1 amide bonds. The Hall–Kier alpha value is -1.51. The minimum atomic E-state index is -3.86. The normalized spacial score (nSPS) is 17.5. The van der Waals surface area contributed by atoms with Crippen LogP contribution >= 0.6 is 0 Å². The highest BCUT2D eigenvalue weighted by Crippen LogP contribution is 2.11. The molecule has 1 aromatic rings. The fraction of sp³-hybridized carbons (Fsp3) is 0.462. The van der Waals surface area contributed by atoms with Gasteiger partial charge < -0.3 is 9.64 Å². The molecule has 0 bridgehead atoms. The van der Waals surface area contributed by atoms with Gasteiger partial charge in [0, 0.05) is 13.1 Å². The molecule has 1 aliphatic heterocycles. The number of carbonyl (C=O) groups is 1. The number of hydrogen-bond acceptors (Lipinski definition) is 4. The van der Waals surface area contributed by atoms with Crippen molar-refractivity contribution in [3.05, 3.63) is 30.1 Å². The van der Waals surface area contributed by atoms with Crippen LogP contribution in [0.25, 0.3) is 0 Å². The van der Waals surface area contributed by atoms with Crippen molar-refractivity contribution < 1.29 is 22.3 Å². The van der Waals surface area contributed by atoms with E-state index in [2.05, 4.69) is 4.72 Å². The molecular formula is C13H17FN2O4S. The van der Waals surface area contributed by atoms with E-state index in [1.807, 2.05) is 0 Å². The highest BCUT2D eigenvalue weighted by Gasteiger charge is 2.26. The monoisotopic (exact) mass is 316 g/mol. The maximum atomic E-state index is 12.8. The molecule has 2 rings (SSSR count). The van der Waals surface area contributed by atoms with E-state index in [4.69, 9.17) is 4.74 Å². The van der Waals surface area contributed by atoms with Gasteiger partial charge in [0.15, 0.2) is 0 Å². The van der Waals surface area contributed by atoms with E-state index in [-0.39, 0.29) is 10.8 Å². The largest absolute Gasteiger partial charge is 0.378 e. The first-order valence-corrected chi connectivity index (χ1v) is 8.03. The summed E-state index contributed by atoms with van der Waals surface area (Å²) < 4.78 is 44.5. The van der Waals surface area contributed by atoms with Gasteiger partial charge in [-0.2, -0.15) is 4.72 Å². The lowest BCUT2D eigenvalue weighted by molar-refractivity contribution is -0.136. The van der Waals surface area contributed by atoms with Crippen molar-refractivity contribution in [1.29, 1.82) is 0 Å². The first kappa shape index (κ1) is 15.9. The Morgan fingerprint density at radius 1 is 1.29 bits per heavy atom. The number of nitrogens with zero attached hydrogens (tertiary/aromatic N) is 1. The number of halogens is 1. The Morgan fingerprint density at radius 2 is 1.86 bits per heavy atom. The standard InChI is InChI=1S/C13H17FN2O4S/c1-10(13(17)16-6-8-20-9-7-16)15-21(18,19)12-4-2-11(14)3-5-12/h2-5,10,15H,6-9H2,1H3/t10-/m1/s1. The Labute approximate surface area is 122 Å². The summed E-state index contributed by atoms with van der Waals surface area (Å²) in [6.07, 6.45) is 0. The molecule has 1 atom stereocenters. The zero-order valence-electron chi connectivity index (χ0n) is 11.6. The van der Waals surface area contributed by atoms with Gasteiger partial charge in [0.05, 0.1) is 24.2 Å². The number of rotatable bonds is 4. The topological polar surface area (TPSA) is 75.7 Å². The average molecular weight is 316 g/mol. The molecule has 0 saturated carbocycles. The quantitative estimate of drug-likeness (QED) is 0.870. The van der Waals surface area contributed by atoms with Gasteiger partial charge in [-0.1, -0.05) is 0 Å². The molecule has 1 saturated heterocycles. The van der Waals surface area contributed by atoms with Crippen LogP contribution in [0.3, 0.4) is 0 Å². The van der Waals surface area contributed by atoms with Crippen LogP contribution in [0, 0.1) is 5.82 Å². The van der Waals surface area contributed by atoms with Crippen molar-refractivity contribution in [3.8, 4) is 0 Å². The molecule has 0 aliphatic carbocycles. The molecule has 8 heteroatoms. The van der Waals surface area contributed by atoms with Gasteiger partial charge in [-0.3, -0.25) is 4.79 Å². The number of nitrogens with one attached hydrogen (secondary N) is 1. The lowest BCUT2D eigenvalue weighted by Crippen LogP contribution is -2.50. The van der Waals surface area contributed by atoms with Gasteiger partial charge in [-0.25, -0.2) is 12.8 Å². The summed E-state index contributed by atoms with van der Waals surface area (Å²) >= 11 is 0. The van der Waals surface area contributed by atoms with Crippen molar-refractivity contribution >= 4 is 15.9 Å². The van der Waals surface area contributed by atoms with Crippen LogP contribution in [-0.2, 0) is 19.6 Å². The van der Waals surface area contributed by atoms with E-state index in [1.54, 1.807) is 4.90 Å². The summed E-state index contributed by atoms with van der Waals surface area (Å²) in [5.74, 6) is -0.824. The molecular weight excluding hydrogens is 299 g/mol. The summed E-state index contributed by atoms with van der Waals surface area (Å²) in [7, 11) is -3.86. The SMILES string of the molecule is C[C@@H](NS(=O)(=O)c1ccc(F)cc1)C(=O)N1CCOCC1. The minimum absolute atomic E-state index is 0.0782. The summed E-state index contributed by atoms with van der Waals surface area (Å²) in [5.41, 5.74) is 0. The van der Waals surface area contributed by atoms with Crippen LogP contribution in [0.4, 0.5) is 4.39 Å². The molecule has 0 aromatic heterocycles. The van der Waals surface area contributed by atoms with Crippen LogP contribution in [0.15, 0.2) is 29.2 Å². The number of morpholine rings is 1. The average Bonchev–Trinajstić information content (AvgIpc) is 2.47. The number of ether oxygens (including phenoxy) is 1. The predicted molar refractivity (Wildman–Crippen MR) is 73.6 cm³/mol. The summed E-state index contributed by atoms with van der Waals surface area (Å²) in [6.45, 7) is 3.27. The number of sulfonamides is 1. The molecule has 0 unspecified atom stereocenters. The predicted octanol–water partition coefficient (Wildman–Crippen LogP) is 0.351. The van der Waals surface area contributed by atoms with Crippen LogP contribution in [0.1, 0.15) is 6.92 Å². The first-order valence-electron chi connectivity index (χ1n) is 6.54. The lowest BCUT2D eigenvalue weighted by atomic mass is 10.3. The summed E-state index contributed by atoms with van der Waals surface area (Å²) in [5, 5.41) is 0. The summed E-state index contributed by atoms with van der Waals surface area (Å²) in [6, 6.07) is 3.54. The van der Waals surface area contributed by atoms with Crippen molar-refractivity contribution in [2.24, 2.45) is 0 Å². The molecule has 1 heterocycles. The van der Waals surface area contributed by atoms with Crippen LogP contribution in [0.2, 0.25) is 0 Å². The highest BCUT2D eigenvalue weighted by molar-refractivity contribution is 7.89. The second-order valence-electron chi connectivity index (χ2n) is 4.73. The number of amides is 1. The van der Waals surface area contributed by atoms with Crippen LogP contribution in [-0.4, -0.2) is 51.6 Å². The molecule has 6 nitrogen and oxygen atoms in total. The maximum absolute atomic E-state index is 12.8. The van der Waals surface area contributed by atoms with Gasteiger partial charge in [0.2, 0.25) is 15.9 Å². The third-order valence-electron chi connectivity index (χ3n) is 3.15. The fourth-order valence-electron chi connectivity index (χ4n) is 2.02. The number of hydrogen-bond donors (Lipinski definition) is 1. The maximum Gasteiger partial charge on any atom is 0.241 e. The highest BCUT2D eigenvalue weighted by atomic mass is 32.2. The van der Waals surface area contributed by atoms with E-state index >= 15 is 0 Å². The van der Waals surface area contributed by atoms with Gasteiger partial charge in [0.1, 0.15) is 5.82 Å². The Bertz CT molecular complexity index is 597. The second-order valence-corrected chi connectivity index (χ2v) is 6.45. The van der Waals surface area contributed by atoms with Crippen molar-refractivity contribution in [3.63, 3.8) is 0 Å². The van der Waals surface area contributed by atoms with Crippen molar-refractivity contribution in [2.45, 2.75) is 17.9 Å². The van der Waals surface area contributed by atoms with Gasteiger partial charge in [-0.15, -0.1) is 0 Å². The third kappa shape index (κ3) is 3.99. The molecule has 0 spiro atoms.